The topological polar surface area (TPSA) is 81.9 Å². The zero-order valence-corrected chi connectivity index (χ0v) is 18.2. The van der Waals surface area contributed by atoms with E-state index < -0.39 is 0 Å². The van der Waals surface area contributed by atoms with E-state index in [-0.39, 0.29) is 5.91 Å². The molecule has 2 aromatic carbocycles. The Labute approximate surface area is 184 Å². The lowest BCUT2D eigenvalue weighted by Gasteiger charge is -2.07. The van der Waals surface area contributed by atoms with Crippen molar-refractivity contribution in [1.82, 2.24) is 20.0 Å². The van der Waals surface area contributed by atoms with Gasteiger partial charge in [0.15, 0.2) is 0 Å². The van der Waals surface area contributed by atoms with Crippen LogP contribution in [0.3, 0.4) is 0 Å². The third-order valence-electron chi connectivity index (χ3n) is 4.77. The molecule has 7 nitrogen and oxygen atoms in total. The Balaban J connectivity index is 1.70. The Hall–Kier alpha value is -3.52. The Morgan fingerprint density at radius 2 is 1.87 bits per heavy atom. The van der Waals surface area contributed by atoms with Crippen LogP contribution in [0.2, 0.25) is 0 Å². The maximum atomic E-state index is 13.2. The lowest BCUT2D eigenvalue weighted by molar-refractivity contribution is 0.102. The third-order valence-corrected chi connectivity index (χ3v) is 5.67. The quantitative estimate of drug-likeness (QED) is 0.423. The van der Waals surface area contributed by atoms with Gasteiger partial charge in [-0.15, -0.1) is 10.2 Å². The lowest BCUT2D eigenvalue weighted by Crippen LogP contribution is -2.12. The highest BCUT2D eigenvalue weighted by Gasteiger charge is 2.22. The number of benzene rings is 2. The highest BCUT2D eigenvalue weighted by molar-refractivity contribution is 7.15. The molecule has 0 aliphatic carbocycles. The second-order valence-electron chi connectivity index (χ2n) is 6.93. The molecule has 1 N–H and O–H groups in total. The molecule has 0 saturated heterocycles. The smallest absolute Gasteiger partial charge is 0.261 e. The van der Waals surface area contributed by atoms with Gasteiger partial charge in [-0.05, 0) is 30.7 Å². The average Bonchev–Trinajstić information content (AvgIpc) is 3.45. The molecule has 0 radical (unpaired) electrons. The first-order chi connectivity index (χ1) is 15.2. The number of rotatable bonds is 8. The molecule has 0 bridgehead atoms. The van der Waals surface area contributed by atoms with Gasteiger partial charge in [0.25, 0.3) is 5.91 Å². The number of hydrogen-bond donors (Lipinski definition) is 1. The average molecular weight is 434 g/mol. The van der Waals surface area contributed by atoms with Crippen molar-refractivity contribution < 1.29 is 9.53 Å². The Bertz CT molecular complexity index is 1170. The third kappa shape index (κ3) is 4.64. The van der Waals surface area contributed by atoms with E-state index in [1.54, 1.807) is 18.0 Å². The number of ether oxygens (including phenoxy) is 1. The van der Waals surface area contributed by atoms with E-state index in [1.165, 1.54) is 11.3 Å². The van der Waals surface area contributed by atoms with Gasteiger partial charge >= 0.3 is 0 Å². The maximum Gasteiger partial charge on any atom is 0.261 e. The number of para-hydroxylation sites is 2. The molecule has 0 atom stereocenters. The predicted octanol–water partition coefficient (Wildman–Crippen LogP) is 4.99. The maximum absolute atomic E-state index is 13.2. The van der Waals surface area contributed by atoms with Gasteiger partial charge in [-0.25, -0.2) is 4.68 Å². The summed E-state index contributed by atoms with van der Waals surface area (Å²) in [7, 11) is 1.60. The van der Waals surface area contributed by atoms with E-state index in [1.807, 2.05) is 54.6 Å². The van der Waals surface area contributed by atoms with Gasteiger partial charge in [-0.2, -0.15) is 5.10 Å². The van der Waals surface area contributed by atoms with Gasteiger partial charge in [0, 0.05) is 18.2 Å². The van der Waals surface area contributed by atoms with Gasteiger partial charge in [0.1, 0.15) is 16.5 Å². The van der Waals surface area contributed by atoms with Gasteiger partial charge in [0.05, 0.1) is 18.4 Å². The summed E-state index contributed by atoms with van der Waals surface area (Å²) in [5.41, 5.74) is 2.56. The minimum absolute atomic E-state index is 0.290. The van der Waals surface area contributed by atoms with E-state index in [0.717, 1.165) is 35.5 Å². The van der Waals surface area contributed by atoms with Crippen LogP contribution >= 0.6 is 11.3 Å². The summed E-state index contributed by atoms with van der Waals surface area (Å²) in [4.78, 5) is 13.2. The molecule has 0 fully saturated rings. The summed E-state index contributed by atoms with van der Waals surface area (Å²) in [5.74, 6) is 0.355. The van der Waals surface area contributed by atoms with E-state index in [2.05, 4.69) is 22.4 Å². The Kier molecular flexibility index (Phi) is 6.37. The summed E-state index contributed by atoms with van der Waals surface area (Å²) in [6.45, 7) is 2.13. The van der Waals surface area contributed by atoms with Gasteiger partial charge in [-0.3, -0.25) is 10.1 Å². The largest absolute Gasteiger partial charge is 0.496 e. The first-order valence-electron chi connectivity index (χ1n) is 10.1. The van der Waals surface area contributed by atoms with Crippen molar-refractivity contribution in [2.45, 2.75) is 26.2 Å². The number of aromatic nitrogens is 4. The molecule has 4 aromatic rings. The number of methoxy groups -OCH3 is 1. The van der Waals surface area contributed by atoms with Gasteiger partial charge < -0.3 is 4.74 Å². The molecule has 2 heterocycles. The number of nitrogens with one attached hydrogen (secondary N) is 1. The summed E-state index contributed by atoms with van der Waals surface area (Å²) in [6.07, 6.45) is 4.72. The molecule has 0 aliphatic heterocycles. The van der Waals surface area contributed by atoms with Crippen molar-refractivity contribution in [2.24, 2.45) is 0 Å². The first kappa shape index (κ1) is 20.7. The van der Waals surface area contributed by atoms with Crippen molar-refractivity contribution in [1.29, 1.82) is 0 Å². The second-order valence-corrected chi connectivity index (χ2v) is 7.99. The molecule has 4 rings (SSSR count). The number of anilines is 1. The second kappa shape index (κ2) is 9.53. The molecular weight excluding hydrogens is 410 g/mol. The van der Waals surface area contributed by atoms with Crippen LogP contribution in [0.15, 0.2) is 60.8 Å². The monoisotopic (exact) mass is 433 g/mol. The van der Waals surface area contributed by atoms with Crippen molar-refractivity contribution in [3.8, 4) is 22.7 Å². The minimum atomic E-state index is -0.290. The molecule has 0 aliphatic rings. The van der Waals surface area contributed by atoms with Crippen LogP contribution in [0, 0.1) is 0 Å². The van der Waals surface area contributed by atoms with E-state index in [9.17, 15) is 4.79 Å². The Morgan fingerprint density at radius 3 is 2.65 bits per heavy atom. The zero-order chi connectivity index (χ0) is 21.6. The fourth-order valence-electron chi connectivity index (χ4n) is 3.19. The Morgan fingerprint density at radius 1 is 1.10 bits per heavy atom. The number of hydrogen-bond acceptors (Lipinski definition) is 6. The molecule has 158 valence electrons. The van der Waals surface area contributed by atoms with Crippen LogP contribution in [-0.4, -0.2) is 33.0 Å². The fourth-order valence-corrected chi connectivity index (χ4v) is 3.97. The highest BCUT2D eigenvalue weighted by Crippen LogP contribution is 2.32. The van der Waals surface area contributed by atoms with Crippen LogP contribution in [0.1, 0.15) is 35.1 Å². The van der Waals surface area contributed by atoms with Crippen LogP contribution in [0.25, 0.3) is 16.9 Å². The number of carbonyl (C=O) groups is 1. The normalized spacial score (nSPS) is 10.8. The number of unbranched alkanes of at least 4 members (excludes halogenated alkanes) is 1. The van der Waals surface area contributed by atoms with Crippen LogP contribution in [0.4, 0.5) is 5.13 Å². The van der Waals surface area contributed by atoms with Crippen molar-refractivity contribution in [2.75, 3.05) is 12.4 Å². The number of nitrogens with zero attached hydrogens (tertiary/aromatic N) is 4. The SMILES string of the molecule is CCCCc1nnc(NC(=O)c2cn(-c3ccccc3)nc2-c2ccccc2OC)s1. The standard InChI is InChI=1S/C23H23N5O2S/c1-3-4-14-20-25-26-23(31-20)24-22(29)18-15-28(16-10-6-5-7-11-16)27-21(18)17-12-8-9-13-19(17)30-2/h5-13,15H,3-4,14H2,1-2H3,(H,24,26,29). The molecule has 0 spiro atoms. The molecule has 0 unspecified atom stereocenters. The molecule has 31 heavy (non-hydrogen) atoms. The highest BCUT2D eigenvalue weighted by atomic mass is 32.1. The van der Waals surface area contributed by atoms with Crippen LogP contribution in [-0.2, 0) is 6.42 Å². The zero-order valence-electron chi connectivity index (χ0n) is 17.4. The number of aryl methyl sites for hydroxylation is 1. The number of amides is 1. The molecule has 1 amide bonds. The molecule has 8 heteroatoms. The van der Waals surface area contributed by atoms with Gasteiger partial charge in [-0.1, -0.05) is 55.0 Å². The van der Waals surface area contributed by atoms with Crippen LogP contribution < -0.4 is 10.1 Å². The van der Waals surface area contributed by atoms with Gasteiger partial charge in [0.2, 0.25) is 5.13 Å². The predicted molar refractivity (Wildman–Crippen MR) is 122 cm³/mol. The summed E-state index contributed by atoms with van der Waals surface area (Å²) >= 11 is 1.40. The van der Waals surface area contributed by atoms with Crippen LogP contribution in [0.5, 0.6) is 5.75 Å². The summed E-state index contributed by atoms with van der Waals surface area (Å²) in [5, 5.41) is 17.3. The lowest BCUT2D eigenvalue weighted by atomic mass is 10.1. The van der Waals surface area contributed by atoms with E-state index in [0.29, 0.717) is 22.1 Å². The minimum Gasteiger partial charge on any atom is -0.496 e. The first-order valence-corrected chi connectivity index (χ1v) is 10.9. The van der Waals surface area contributed by atoms with Crippen molar-refractivity contribution in [3.63, 3.8) is 0 Å². The van der Waals surface area contributed by atoms with E-state index >= 15 is 0 Å². The molecule has 0 saturated carbocycles. The fraction of sp³-hybridized carbons (Fsp3) is 0.217. The molecule has 2 aromatic heterocycles. The summed E-state index contributed by atoms with van der Waals surface area (Å²) in [6, 6.07) is 17.2. The number of carbonyl (C=O) groups excluding carboxylic acids is 1. The summed E-state index contributed by atoms with van der Waals surface area (Å²) < 4.78 is 7.21. The van der Waals surface area contributed by atoms with Crippen molar-refractivity contribution >= 4 is 22.4 Å². The van der Waals surface area contributed by atoms with E-state index in [4.69, 9.17) is 9.84 Å². The van der Waals surface area contributed by atoms with Crippen molar-refractivity contribution in [3.05, 3.63) is 71.4 Å². The molecular formula is C23H23N5O2S.